The van der Waals surface area contributed by atoms with Crippen molar-refractivity contribution in [1.82, 2.24) is 10.4 Å². The van der Waals surface area contributed by atoms with Crippen molar-refractivity contribution in [1.29, 1.82) is 0 Å². The molecule has 170 valence electrons. The highest BCUT2D eigenvalue weighted by Crippen LogP contribution is 2.45. The number of amides is 1. The predicted molar refractivity (Wildman–Crippen MR) is 119 cm³/mol. The molecule has 1 aliphatic heterocycles. The normalized spacial score (nSPS) is 17.8. The number of halogens is 3. The van der Waals surface area contributed by atoms with Gasteiger partial charge < -0.3 is 0 Å². The highest BCUT2D eigenvalue weighted by molar-refractivity contribution is 5.89. The lowest BCUT2D eigenvalue weighted by Crippen LogP contribution is -2.51. The molecule has 0 aromatic heterocycles. The number of carbonyl (C=O) groups excluding carboxylic acids is 1. The number of nitrogens with zero attached hydrogens (tertiary/aromatic N) is 1. The van der Waals surface area contributed by atoms with Crippen LogP contribution >= 0.6 is 0 Å². The Balaban J connectivity index is 1.98. The molecular weight excluding hydrogens is 401 g/mol. The van der Waals surface area contributed by atoms with Gasteiger partial charge in [0.2, 0.25) is 5.91 Å². The Morgan fingerprint density at radius 2 is 1.68 bits per heavy atom. The lowest BCUT2D eigenvalue weighted by molar-refractivity contribution is -0.203. The second-order valence-corrected chi connectivity index (χ2v) is 9.22. The molecule has 0 aliphatic carbocycles. The van der Waals surface area contributed by atoms with Crippen LogP contribution in [0.3, 0.4) is 0 Å². The average molecular weight is 435 g/mol. The highest BCUT2D eigenvalue weighted by Gasteiger charge is 2.53. The van der Waals surface area contributed by atoms with Crippen molar-refractivity contribution < 1.29 is 18.0 Å². The van der Waals surface area contributed by atoms with Gasteiger partial charge in [-0.1, -0.05) is 75.4 Å². The zero-order valence-electron chi connectivity index (χ0n) is 18.7. The molecule has 1 N–H and O–H groups in total. The number of unbranched alkanes of at least 4 members (excludes halogenated alkanes) is 5. The first-order valence-corrected chi connectivity index (χ1v) is 11.3. The zero-order chi connectivity index (χ0) is 22.6. The first-order valence-electron chi connectivity index (χ1n) is 11.3. The number of rotatable bonds is 9. The summed E-state index contributed by atoms with van der Waals surface area (Å²) in [6.07, 6.45) is 3.07. The van der Waals surface area contributed by atoms with Crippen molar-refractivity contribution in [2.24, 2.45) is 0 Å². The lowest BCUT2D eigenvalue weighted by Gasteiger charge is -2.38. The van der Waals surface area contributed by atoms with Crippen molar-refractivity contribution in [2.75, 3.05) is 0 Å². The van der Waals surface area contributed by atoms with E-state index in [0.29, 0.717) is 5.39 Å². The molecule has 1 atom stereocenters. The number of hydrogen-bond donors (Lipinski definition) is 1. The Morgan fingerprint density at radius 3 is 2.29 bits per heavy atom. The largest absolute Gasteiger partial charge is 0.409 e. The molecule has 1 amide bonds. The molecule has 2 aromatic carbocycles. The Kier molecular flexibility index (Phi) is 7.30. The van der Waals surface area contributed by atoms with Gasteiger partial charge in [0.25, 0.3) is 0 Å². The molecule has 2 aromatic rings. The maximum Gasteiger partial charge on any atom is 0.409 e. The van der Waals surface area contributed by atoms with Crippen molar-refractivity contribution >= 4 is 16.7 Å². The Bertz CT molecular complexity index is 902. The van der Waals surface area contributed by atoms with Crippen LogP contribution in [0.1, 0.15) is 82.9 Å². The smallest absolute Gasteiger partial charge is 0.287 e. The first kappa shape index (κ1) is 23.6. The Hall–Kier alpha value is -2.08. The van der Waals surface area contributed by atoms with Crippen molar-refractivity contribution in [3.05, 3.63) is 47.5 Å². The van der Waals surface area contributed by atoms with Gasteiger partial charge >= 0.3 is 6.18 Å². The van der Waals surface area contributed by atoms with E-state index in [2.05, 4.69) is 12.3 Å². The lowest BCUT2D eigenvalue weighted by atomic mass is 9.90. The van der Waals surface area contributed by atoms with Crippen molar-refractivity contribution in [3.63, 3.8) is 0 Å². The summed E-state index contributed by atoms with van der Waals surface area (Å²) < 4.78 is 43.3. The molecule has 3 nitrogen and oxygen atoms in total. The van der Waals surface area contributed by atoms with Crippen LogP contribution in [0.25, 0.3) is 10.8 Å². The average Bonchev–Trinajstić information content (AvgIpc) is 2.95. The maximum absolute atomic E-state index is 14.4. The summed E-state index contributed by atoms with van der Waals surface area (Å²) in [6.45, 7) is 5.52. The number of hydrazine groups is 1. The van der Waals surface area contributed by atoms with Gasteiger partial charge in [0, 0.05) is 12.0 Å². The fourth-order valence-electron chi connectivity index (χ4n) is 4.66. The summed E-state index contributed by atoms with van der Waals surface area (Å²) in [4.78, 5) is 12.0. The third kappa shape index (κ3) is 5.40. The molecule has 0 spiro atoms. The number of alkyl halides is 3. The van der Waals surface area contributed by atoms with Gasteiger partial charge in [-0.25, -0.2) is 0 Å². The van der Waals surface area contributed by atoms with E-state index in [1.807, 2.05) is 24.3 Å². The van der Waals surface area contributed by atoms with Gasteiger partial charge in [0.05, 0.1) is 0 Å². The zero-order valence-corrected chi connectivity index (χ0v) is 18.7. The molecule has 0 unspecified atom stereocenters. The summed E-state index contributed by atoms with van der Waals surface area (Å²) in [7, 11) is 0. The number of nitrogens with one attached hydrogen (secondary N) is 1. The van der Waals surface area contributed by atoms with Crippen LogP contribution in [-0.2, 0) is 11.2 Å². The number of fused-ring (bicyclic) bond motifs is 1. The second-order valence-electron chi connectivity index (χ2n) is 9.22. The van der Waals surface area contributed by atoms with Gasteiger partial charge in [-0.05, 0) is 48.6 Å². The third-order valence-corrected chi connectivity index (χ3v) is 6.18. The van der Waals surface area contributed by atoms with Crippen LogP contribution in [0.2, 0.25) is 0 Å². The van der Waals surface area contributed by atoms with Gasteiger partial charge in [-0.3, -0.25) is 10.2 Å². The van der Waals surface area contributed by atoms with E-state index in [0.717, 1.165) is 41.6 Å². The SMILES string of the molecule is CCCCCCCCc1cccc2cccc([C@H](N3NC(=O)CC3(C)C)C(F)(F)F)c12. The molecule has 1 fully saturated rings. The molecule has 1 aliphatic rings. The van der Waals surface area contributed by atoms with Crippen LogP contribution < -0.4 is 5.43 Å². The molecular formula is C25H33F3N2O. The quantitative estimate of drug-likeness (QED) is 0.437. The molecule has 0 bridgehead atoms. The Morgan fingerprint density at radius 1 is 1.03 bits per heavy atom. The monoisotopic (exact) mass is 434 g/mol. The van der Waals surface area contributed by atoms with E-state index in [1.54, 1.807) is 26.0 Å². The molecule has 6 heteroatoms. The van der Waals surface area contributed by atoms with E-state index in [4.69, 9.17) is 0 Å². The number of benzene rings is 2. The molecule has 0 saturated carbocycles. The third-order valence-electron chi connectivity index (χ3n) is 6.18. The molecule has 1 saturated heterocycles. The summed E-state index contributed by atoms with van der Waals surface area (Å²) in [6, 6.07) is 8.93. The number of carbonyl (C=O) groups is 1. The van der Waals surface area contributed by atoms with E-state index in [-0.39, 0.29) is 17.9 Å². The van der Waals surface area contributed by atoms with Crippen LogP contribution in [0, 0.1) is 0 Å². The molecule has 3 rings (SSSR count). The number of hydrogen-bond acceptors (Lipinski definition) is 2. The van der Waals surface area contributed by atoms with Crippen LogP contribution in [0.15, 0.2) is 36.4 Å². The molecule has 0 radical (unpaired) electrons. The molecule has 1 heterocycles. The maximum atomic E-state index is 14.4. The van der Waals surface area contributed by atoms with Gasteiger partial charge in [-0.15, -0.1) is 0 Å². The van der Waals surface area contributed by atoms with Gasteiger partial charge in [0.1, 0.15) is 0 Å². The highest BCUT2D eigenvalue weighted by atomic mass is 19.4. The van der Waals surface area contributed by atoms with Crippen LogP contribution in [0.5, 0.6) is 0 Å². The topological polar surface area (TPSA) is 32.3 Å². The fraction of sp³-hybridized carbons (Fsp3) is 0.560. The van der Waals surface area contributed by atoms with E-state index >= 15 is 0 Å². The minimum Gasteiger partial charge on any atom is -0.287 e. The first-order chi connectivity index (χ1) is 14.6. The predicted octanol–water partition coefficient (Wildman–Crippen LogP) is 6.86. The van der Waals surface area contributed by atoms with Crippen LogP contribution in [0.4, 0.5) is 13.2 Å². The molecule has 31 heavy (non-hydrogen) atoms. The van der Waals surface area contributed by atoms with E-state index in [9.17, 15) is 18.0 Å². The minimum absolute atomic E-state index is 0.0367. The van der Waals surface area contributed by atoms with Crippen molar-refractivity contribution in [2.45, 2.75) is 89.9 Å². The van der Waals surface area contributed by atoms with E-state index in [1.165, 1.54) is 19.3 Å². The van der Waals surface area contributed by atoms with Gasteiger partial charge in [0.15, 0.2) is 6.04 Å². The summed E-state index contributed by atoms with van der Waals surface area (Å²) in [5, 5.41) is 2.57. The fourth-order valence-corrected chi connectivity index (χ4v) is 4.66. The second kappa shape index (κ2) is 9.60. The number of aryl methyl sites for hydroxylation is 1. The van der Waals surface area contributed by atoms with Gasteiger partial charge in [-0.2, -0.15) is 18.2 Å². The summed E-state index contributed by atoms with van der Waals surface area (Å²) in [5.41, 5.74) is 2.70. The summed E-state index contributed by atoms with van der Waals surface area (Å²) in [5.74, 6) is -0.383. The standard InChI is InChI=1S/C25H33F3N2O/c1-4-5-6-7-8-9-12-18-13-10-14-19-15-11-16-20(22(18)19)23(25(26,27)28)30-24(2,3)17-21(31)29-30/h10-11,13-16,23H,4-9,12,17H2,1-3H3,(H,29,31)/t23-/m0/s1. The van der Waals surface area contributed by atoms with Crippen molar-refractivity contribution in [3.8, 4) is 0 Å². The minimum atomic E-state index is -4.53. The summed E-state index contributed by atoms with van der Waals surface area (Å²) >= 11 is 0. The van der Waals surface area contributed by atoms with E-state index < -0.39 is 17.8 Å². The van der Waals surface area contributed by atoms with Crippen LogP contribution in [-0.4, -0.2) is 22.6 Å². The Labute approximate surface area is 183 Å².